The second-order valence-corrected chi connectivity index (χ2v) is 5.56. The van der Waals surface area contributed by atoms with Crippen LogP contribution in [0.25, 0.3) is 0 Å². The number of carboxylic acids is 1. The van der Waals surface area contributed by atoms with Crippen molar-refractivity contribution in [3.63, 3.8) is 0 Å². The summed E-state index contributed by atoms with van der Waals surface area (Å²) in [6, 6.07) is 5.34. The summed E-state index contributed by atoms with van der Waals surface area (Å²) in [4.78, 5) is 25.1. The quantitative estimate of drug-likeness (QED) is 0.906. The van der Waals surface area contributed by atoms with E-state index in [4.69, 9.17) is 5.11 Å². The molecule has 1 atom stereocenters. The molecule has 1 aromatic carbocycles. The van der Waals surface area contributed by atoms with Crippen LogP contribution in [0.15, 0.2) is 18.2 Å². The number of nitrogens with zero attached hydrogens (tertiary/aromatic N) is 1. The first-order valence-corrected chi connectivity index (χ1v) is 6.53. The van der Waals surface area contributed by atoms with Crippen LogP contribution >= 0.6 is 0 Å². The standard InChI is InChI=1S/C15H19NO3/c1-9(2)8-16-13(7-14(17)18)11-5-4-10(3)6-12(11)15(16)19/h4-6,9,13H,7-8H2,1-3H3,(H,17,18). The van der Waals surface area contributed by atoms with Crippen LogP contribution < -0.4 is 0 Å². The molecule has 0 aromatic heterocycles. The molecule has 1 unspecified atom stereocenters. The van der Waals surface area contributed by atoms with E-state index in [1.807, 2.05) is 39.0 Å². The van der Waals surface area contributed by atoms with E-state index in [-0.39, 0.29) is 18.4 Å². The Balaban J connectivity index is 2.41. The van der Waals surface area contributed by atoms with E-state index in [1.165, 1.54) is 0 Å². The van der Waals surface area contributed by atoms with E-state index in [9.17, 15) is 9.59 Å². The van der Waals surface area contributed by atoms with Crippen LogP contribution in [-0.2, 0) is 4.79 Å². The van der Waals surface area contributed by atoms with Gasteiger partial charge in [-0.2, -0.15) is 0 Å². The van der Waals surface area contributed by atoms with Gasteiger partial charge in [-0.25, -0.2) is 0 Å². The molecule has 0 fully saturated rings. The molecule has 1 aliphatic heterocycles. The van der Waals surface area contributed by atoms with Crippen LogP contribution in [0.2, 0.25) is 0 Å². The van der Waals surface area contributed by atoms with Gasteiger partial charge in [0.1, 0.15) is 0 Å². The first-order chi connectivity index (χ1) is 8.90. The lowest BCUT2D eigenvalue weighted by molar-refractivity contribution is -0.138. The molecule has 0 radical (unpaired) electrons. The van der Waals surface area contributed by atoms with Crippen LogP contribution in [0.3, 0.4) is 0 Å². The third kappa shape index (κ3) is 2.62. The molecular weight excluding hydrogens is 242 g/mol. The molecule has 1 N–H and O–H groups in total. The highest BCUT2D eigenvalue weighted by Gasteiger charge is 2.37. The first-order valence-electron chi connectivity index (χ1n) is 6.53. The summed E-state index contributed by atoms with van der Waals surface area (Å²) in [5.41, 5.74) is 2.53. The van der Waals surface area contributed by atoms with Gasteiger partial charge in [-0.1, -0.05) is 31.5 Å². The molecule has 1 heterocycles. The minimum absolute atomic E-state index is 0.0332. The number of carbonyl (C=O) groups excluding carboxylic acids is 1. The third-order valence-corrected chi connectivity index (χ3v) is 3.37. The van der Waals surface area contributed by atoms with Gasteiger partial charge in [0, 0.05) is 12.1 Å². The van der Waals surface area contributed by atoms with E-state index in [0.717, 1.165) is 11.1 Å². The van der Waals surface area contributed by atoms with E-state index >= 15 is 0 Å². The van der Waals surface area contributed by atoms with E-state index in [2.05, 4.69) is 0 Å². The molecule has 102 valence electrons. The van der Waals surface area contributed by atoms with Crippen molar-refractivity contribution in [1.29, 1.82) is 0 Å². The van der Waals surface area contributed by atoms with Crippen molar-refractivity contribution in [3.8, 4) is 0 Å². The molecule has 4 nitrogen and oxygen atoms in total. The molecule has 1 amide bonds. The summed E-state index contributed by atoms with van der Waals surface area (Å²) in [5, 5.41) is 9.05. The maximum Gasteiger partial charge on any atom is 0.305 e. The summed E-state index contributed by atoms with van der Waals surface area (Å²) in [7, 11) is 0. The van der Waals surface area contributed by atoms with Gasteiger partial charge in [0.05, 0.1) is 12.5 Å². The Bertz CT molecular complexity index is 522. The molecule has 1 aromatic rings. The SMILES string of the molecule is Cc1ccc2c(c1)C(=O)N(CC(C)C)C2CC(=O)O. The fourth-order valence-electron chi connectivity index (χ4n) is 2.60. The number of carboxylic acid groups (broad SMARTS) is 1. The molecule has 0 saturated carbocycles. The zero-order valence-electron chi connectivity index (χ0n) is 11.5. The molecule has 1 aliphatic rings. The lowest BCUT2D eigenvalue weighted by Gasteiger charge is -2.25. The monoisotopic (exact) mass is 261 g/mol. The largest absolute Gasteiger partial charge is 0.481 e. The molecule has 0 spiro atoms. The van der Waals surface area contributed by atoms with E-state index in [0.29, 0.717) is 18.0 Å². The van der Waals surface area contributed by atoms with Crippen LogP contribution in [0.1, 0.15) is 47.8 Å². The van der Waals surface area contributed by atoms with Crippen LogP contribution in [0.5, 0.6) is 0 Å². The summed E-state index contributed by atoms with van der Waals surface area (Å²) in [6.45, 7) is 6.58. The first kappa shape index (κ1) is 13.6. The van der Waals surface area contributed by atoms with Crippen molar-refractivity contribution >= 4 is 11.9 Å². The number of fused-ring (bicyclic) bond motifs is 1. The van der Waals surface area contributed by atoms with Gasteiger partial charge in [-0.05, 0) is 24.5 Å². The number of aryl methyl sites for hydroxylation is 1. The highest BCUT2D eigenvalue weighted by Crippen LogP contribution is 2.36. The fraction of sp³-hybridized carbons (Fsp3) is 0.467. The van der Waals surface area contributed by atoms with Crippen molar-refractivity contribution in [3.05, 3.63) is 34.9 Å². The van der Waals surface area contributed by atoms with Gasteiger partial charge in [-0.3, -0.25) is 9.59 Å². The Morgan fingerprint density at radius 1 is 1.42 bits per heavy atom. The molecule has 0 aliphatic carbocycles. The van der Waals surface area contributed by atoms with Crippen molar-refractivity contribution in [2.24, 2.45) is 5.92 Å². The minimum Gasteiger partial charge on any atom is -0.481 e. The Labute approximate surface area is 113 Å². The Hall–Kier alpha value is -1.84. The maximum absolute atomic E-state index is 12.4. The lowest BCUT2D eigenvalue weighted by atomic mass is 10.00. The predicted octanol–water partition coefficient (Wildman–Crippen LogP) is 2.62. The van der Waals surface area contributed by atoms with Gasteiger partial charge in [0.2, 0.25) is 0 Å². The summed E-state index contributed by atoms with van der Waals surface area (Å²) < 4.78 is 0. The second-order valence-electron chi connectivity index (χ2n) is 5.56. The lowest BCUT2D eigenvalue weighted by Crippen LogP contribution is -2.32. The molecule has 4 heteroatoms. The fourth-order valence-corrected chi connectivity index (χ4v) is 2.60. The third-order valence-electron chi connectivity index (χ3n) is 3.37. The van der Waals surface area contributed by atoms with Gasteiger partial charge in [0.15, 0.2) is 0 Å². The number of hydrogen-bond acceptors (Lipinski definition) is 2. The Morgan fingerprint density at radius 3 is 2.68 bits per heavy atom. The number of aliphatic carboxylic acids is 1. The van der Waals surface area contributed by atoms with Crippen molar-refractivity contribution in [2.45, 2.75) is 33.2 Å². The highest BCUT2D eigenvalue weighted by molar-refractivity contribution is 5.99. The van der Waals surface area contributed by atoms with Gasteiger partial charge in [-0.15, -0.1) is 0 Å². The van der Waals surface area contributed by atoms with Crippen molar-refractivity contribution < 1.29 is 14.7 Å². The molecule has 0 bridgehead atoms. The van der Waals surface area contributed by atoms with Crippen LogP contribution in [0, 0.1) is 12.8 Å². The van der Waals surface area contributed by atoms with Gasteiger partial charge in [0.25, 0.3) is 5.91 Å². The highest BCUT2D eigenvalue weighted by atomic mass is 16.4. The Morgan fingerprint density at radius 2 is 2.11 bits per heavy atom. The van der Waals surface area contributed by atoms with Crippen LogP contribution in [0.4, 0.5) is 0 Å². The van der Waals surface area contributed by atoms with Crippen LogP contribution in [-0.4, -0.2) is 28.4 Å². The smallest absolute Gasteiger partial charge is 0.305 e. The number of amides is 1. The minimum atomic E-state index is -0.875. The van der Waals surface area contributed by atoms with Crippen molar-refractivity contribution in [2.75, 3.05) is 6.54 Å². The molecule has 19 heavy (non-hydrogen) atoms. The van der Waals surface area contributed by atoms with E-state index < -0.39 is 5.97 Å². The average molecular weight is 261 g/mol. The summed E-state index contributed by atoms with van der Waals surface area (Å²) >= 11 is 0. The normalized spacial score (nSPS) is 18.0. The number of benzene rings is 1. The second kappa shape index (κ2) is 5.03. The molecular formula is C15H19NO3. The van der Waals surface area contributed by atoms with Gasteiger partial charge >= 0.3 is 5.97 Å². The van der Waals surface area contributed by atoms with E-state index in [1.54, 1.807) is 4.90 Å². The topological polar surface area (TPSA) is 57.6 Å². The molecule has 2 rings (SSSR count). The summed E-state index contributed by atoms with van der Waals surface area (Å²) in [6.07, 6.45) is -0.0332. The summed E-state index contributed by atoms with van der Waals surface area (Å²) in [5.74, 6) is -0.603. The van der Waals surface area contributed by atoms with Gasteiger partial charge < -0.3 is 10.0 Å². The zero-order chi connectivity index (χ0) is 14.2. The Kier molecular flexibility index (Phi) is 3.60. The number of carbonyl (C=O) groups is 2. The average Bonchev–Trinajstić information content (AvgIpc) is 2.53. The maximum atomic E-state index is 12.4. The number of hydrogen-bond donors (Lipinski definition) is 1. The zero-order valence-corrected chi connectivity index (χ0v) is 11.5. The number of rotatable bonds is 4. The van der Waals surface area contributed by atoms with Crippen molar-refractivity contribution in [1.82, 2.24) is 4.90 Å². The molecule has 0 saturated heterocycles. The predicted molar refractivity (Wildman–Crippen MR) is 72.0 cm³/mol.